The number of hydrogen-bond acceptors (Lipinski definition) is 6. The van der Waals surface area contributed by atoms with Crippen LogP contribution in [0.2, 0.25) is 0 Å². The molecule has 2 fully saturated rings. The molecule has 1 amide bonds. The Morgan fingerprint density at radius 3 is 2.70 bits per heavy atom. The Morgan fingerprint density at radius 1 is 1.22 bits per heavy atom. The molecule has 7 heteroatoms. The average molecular weight is 337 g/mol. The third-order valence-corrected chi connectivity index (χ3v) is 5.38. The molecule has 1 aliphatic heterocycles. The summed E-state index contributed by atoms with van der Waals surface area (Å²) >= 11 is 1.74. The molecule has 23 heavy (non-hydrogen) atoms. The fourth-order valence-electron chi connectivity index (χ4n) is 2.97. The highest BCUT2D eigenvalue weighted by atomic mass is 32.2. The van der Waals surface area contributed by atoms with Gasteiger partial charge in [0, 0.05) is 23.7 Å². The minimum atomic E-state index is -0.0918. The number of nitrogens with one attached hydrogen (secondary N) is 1. The SMILES string of the molecule is O=C(CC1COCCO1)NC1CCC(Sc2ncccn2)CC1. The van der Waals surface area contributed by atoms with Crippen molar-refractivity contribution < 1.29 is 14.3 Å². The second-order valence-electron chi connectivity index (χ2n) is 5.96. The van der Waals surface area contributed by atoms with Crippen molar-refractivity contribution >= 4 is 17.7 Å². The Kier molecular flexibility index (Phi) is 6.24. The van der Waals surface area contributed by atoms with E-state index in [-0.39, 0.29) is 18.1 Å². The second-order valence-corrected chi connectivity index (χ2v) is 7.23. The minimum Gasteiger partial charge on any atom is -0.376 e. The third kappa shape index (κ3) is 5.44. The zero-order valence-electron chi connectivity index (χ0n) is 13.1. The first-order valence-electron chi connectivity index (χ1n) is 8.22. The van der Waals surface area contributed by atoms with Gasteiger partial charge in [-0.1, -0.05) is 11.8 Å². The lowest BCUT2D eigenvalue weighted by atomic mass is 9.95. The number of hydrogen-bond donors (Lipinski definition) is 1. The number of thioether (sulfide) groups is 1. The normalized spacial score (nSPS) is 28.3. The molecule has 1 unspecified atom stereocenters. The van der Waals surface area contributed by atoms with Gasteiger partial charge in [0.1, 0.15) is 0 Å². The number of carbonyl (C=O) groups excluding carboxylic acids is 1. The number of ether oxygens (including phenoxy) is 2. The number of amides is 1. The molecule has 0 spiro atoms. The summed E-state index contributed by atoms with van der Waals surface area (Å²) in [6.07, 6.45) is 8.04. The molecule has 0 radical (unpaired) electrons. The van der Waals surface area contributed by atoms with Crippen molar-refractivity contribution in [2.24, 2.45) is 0 Å². The molecular weight excluding hydrogens is 314 g/mol. The van der Waals surface area contributed by atoms with Crippen molar-refractivity contribution in [3.63, 3.8) is 0 Å². The van der Waals surface area contributed by atoms with Crippen LogP contribution < -0.4 is 5.32 Å². The van der Waals surface area contributed by atoms with Crippen molar-refractivity contribution in [2.75, 3.05) is 19.8 Å². The van der Waals surface area contributed by atoms with Gasteiger partial charge in [0.15, 0.2) is 5.16 Å². The zero-order valence-corrected chi connectivity index (χ0v) is 14.0. The number of carbonyl (C=O) groups is 1. The molecular formula is C16H23N3O3S. The highest BCUT2D eigenvalue weighted by Crippen LogP contribution is 2.31. The minimum absolute atomic E-state index is 0.0722. The first kappa shape index (κ1) is 16.7. The fourth-order valence-corrected chi connectivity index (χ4v) is 4.02. The van der Waals surface area contributed by atoms with Crippen LogP contribution in [0.3, 0.4) is 0 Å². The summed E-state index contributed by atoms with van der Waals surface area (Å²) in [5.41, 5.74) is 0. The lowest BCUT2D eigenvalue weighted by Gasteiger charge is -2.29. The smallest absolute Gasteiger partial charge is 0.222 e. The van der Waals surface area contributed by atoms with Gasteiger partial charge in [-0.3, -0.25) is 4.79 Å². The topological polar surface area (TPSA) is 73.3 Å². The molecule has 126 valence electrons. The number of nitrogens with zero attached hydrogens (tertiary/aromatic N) is 2. The molecule has 1 saturated heterocycles. The van der Waals surface area contributed by atoms with E-state index in [0.717, 1.165) is 30.8 Å². The summed E-state index contributed by atoms with van der Waals surface area (Å²) in [5.74, 6) is 0.0722. The molecule has 6 nitrogen and oxygen atoms in total. The first-order valence-corrected chi connectivity index (χ1v) is 9.10. The number of aromatic nitrogens is 2. The van der Waals surface area contributed by atoms with E-state index in [2.05, 4.69) is 15.3 Å². The molecule has 1 aromatic rings. The molecule has 1 N–H and O–H groups in total. The standard InChI is InChI=1S/C16H23N3O3S/c20-15(10-13-11-21-8-9-22-13)19-12-2-4-14(5-3-12)23-16-17-6-1-7-18-16/h1,6-7,12-14H,2-5,8-11H2,(H,19,20). The molecule has 3 rings (SSSR count). The maximum absolute atomic E-state index is 12.1. The van der Waals surface area contributed by atoms with E-state index in [1.165, 1.54) is 0 Å². The van der Waals surface area contributed by atoms with Crippen molar-refractivity contribution in [1.29, 1.82) is 0 Å². The van der Waals surface area contributed by atoms with Crippen molar-refractivity contribution in [3.05, 3.63) is 18.5 Å². The summed E-state index contributed by atoms with van der Waals surface area (Å²) < 4.78 is 10.8. The van der Waals surface area contributed by atoms with Crippen LogP contribution in [0.25, 0.3) is 0 Å². The van der Waals surface area contributed by atoms with Crippen LogP contribution in [-0.2, 0) is 14.3 Å². The number of rotatable bonds is 5. The first-order chi connectivity index (χ1) is 11.3. The average Bonchev–Trinajstić information content (AvgIpc) is 2.58. The van der Waals surface area contributed by atoms with E-state index >= 15 is 0 Å². The van der Waals surface area contributed by atoms with Gasteiger partial charge in [0.2, 0.25) is 5.91 Å². The van der Waals surface area contributed by atoms with Gasteiger partial charge in [-0.15, -0.1) is 0 Å². The molecule has 2 heterocycles. The van der Waals surface area contributed by atoms with Crippen LogP contribution >= 0.6 is 11.8 Å². The molecule has 1 saturated carbocycles. The quantitative estimate of drug-likeness (QED) is 0.826. The van der Waals surface area contributed by atoms with E-state index in [1.807, 2.05) is 6.07 Å². The second kappa shape index (κ2) is 8.61. The largest absolute Gasteiger partial charge is 0.376 e. The predicted octanol–water partition coefficient (Wildman–Crippen LogP) is 1.80. The van der Waals surface area contributed by atoms with Gasteiger partial charge in [-0.05, 0) is 31.7 Å². The van der Waals surface area contributed by atoms with Crippen LogP contribution in [0.4, 0.5) is 0 Å². The predicted molar refractivity (Wildman–Crippen MR) is 87.3 cm³/mol. The maximum Gasteiger partial charge on any atom is 0.222 e. The summed E-state index contributed by atoms with van der Waals surface area (Å²) in [4.78, 5) is 20.6. The Balaban J connectivity index is 1.36. The maximum atomic E-state index is 12.1. The van der Waals surface area contributed by atoms with E-state index in [9.17, 15) is 4.79 Å². The Bertz CT molecular complexity index is 489. The van der Waals surface area contributed by atoms with E-state index in [4.69, 9.17) is 9.47 Å². The molecule has 1 aromatic heterocycles. The van der Waals surface area contributed by atoms with Gasteiger partial charge in [-0.25, -0.2) is 9.97 Å². The zero-order chi connectivity index (χ0) is 15.9. The third-order valence-electron chi connectivity index (χ3n) is 4.15. The van der Waals surface area contributed by atoms with Gasteiger partial charge >= 0.3 is 0 Å². The van der Waals surface area contributed by atoms with Crippen molar-refractivity contribution in [2.45, 2.75) is 54.7 Å². The van der Waals surface area contributed by atoms with E-state index in [0.29, 0.717) is 31.5 Å². The Hall–Kier alpha value is -1.18. The van der Waals surface area contributed by atoms with Crippen LogP contribution in [0.5, 0.6) is 0 Å². The summed E-state index contributed by atoms with van der Waals surface area (Å²) in [6.45, 7) is 1.74. The highest BCUT2D eigenvalue weighted by Gasteiger charge is 2.25. The molecule has 0 aromatic carbocycles. The Labute approximate surface area is 140 Å². The lowest BCUT2D eigenvalue weighted by Crippen LogP contribution is -2.41. The van der Waals surface area contributed by atoms with Gasteiger partial charge in [0.25, 0.3) is 0 Å². The van der Waals surface area contributed by atoms with Gasteiger partial charge in [0.05, 0.1) is 32.3 Å². The van der Waals surface area contributed by atoms with Crippen LogP contribution in [0.1, 0.15) is 32.1 Å². The highest BCUT2D eigenvalue weighted by molar-refractivity contribution is 7.99. The van der Waals surface area contributed by atoms with Gasteiger partial charge in [-0.2, -0.15) is 0 Å². The van der Waals surface area contributed by atoms with Crippen molar-refractivity contribution in [3.8, 4) is 0 Å². The molecule has 1 atom stereocenters. The van der Waals surface area contributed by atoms with E-state index < -0.39 is 0 Å². The van der Waals surface area contributed by atoms with Crippen LogP contribution in [0.15, 0.2) is 23.6 Å². The lowest BCUT2D eigenvalue weighted by molar-refractivity contribution is -0.132. The van der Waals surface area contributed by atoms with Crippen LogP contribution in [-0.4, -0.2) is 53.1 Å². The summed E-state index contributed by atoms with van der Waals surface area (Å²) in [7, 11) is 0. The van der Waals surface area contributed by atoms with Gasteiger partial charge < -0.3 is 14.8 Å². The summed E-state index contributed by atoms with van der Waals surface area (Å²) in [5, 5.41) is 4.52. The van der Waals surface area contributed by atoms with Crippen molar-refractivity contribution in [1.82, 2.24) is 15.3 Å². The summed E-state index contributed by atoms with van der Waals surface area (Å²) in [6, 6.07) is 2.11. The fraction of sp³-hybridized carbons (Fsp3) is 0.688. The molecule has 2 aliphatic rings. The van der Waals surface area contributed by atoms with E-state index in [1.54, 1.807) is 24.2 Å². The molecule has 1 aliphatic carbocycles. The Morgan fingerprint density at radius 2 is 2.00 bits per heavy atom. The molecule has 0 bridgehead atoms. The van der Waals surface area contributed by atoms with Crippen LogP contribution in [0, 0.1) is 0 Å². The monoisotopic (exact) mass is 337 g/mol.